The number of nitrogens with zero attached hydrogens (tertiary/aromatic N) is 5. The highest BCUT2D eigenvalue weighted by molar-refractivity contribution is 5.88. The highest BCUT2D eigenvalue weighted by Gasteiger charge is 2.22. The van der Waals surface area contributed by atoms with Crippen molar-refractivity contribution in [1.29, 1.82) is 0 Å². The summed E-state index contributed by atoms with van der Waals surface area (Å²) in [6.07, 6.45) is 8.20. The van der Waals surface area contributed by atoms with Crippen LogP contribution in [0.5, 0.6) is 0 Å². The number of ether oxygens (including phenoxy) is 1. The Balaban J connectivity index is 1.60. The van der Waals surface area contributed by atoms with Crippen molar-refractivity contribution in [1.82, 2.24) is 19.7 Å². The molecule has 0 amide bonds. The summed E-state index contributed by atoms with van der Waals surface area (Å²) in [5.41, 5.74) is 7.02. The molecule has 1 aliphatic heterocycles. The average Bonchev–Trinajstić information content (AvgIpc) is 3.55. The van der Waals surface area contributed by atoms with Crippen molar-refractivity contribution in [2.45, 2.75) is 40.5 Å². The predicted molar refractivity (Wildman–Crippen MR) is 144 cm³/mol. The molecule has 0 radical (unpaired) electrons. The Hall–Kier alpha value is -3.71. The second-order valence-electron chi connectivity index (χ2n) is 9.17. The van der Waals surface area contributed by atoms with E-state index in [-0.39, 0.29) is 0 Å². The van der Waals surface area contributed by atoms with Crippen LogP contribution in [-0.2, 0) is 4.74 Å². The van der Waals surface area contributed by atoms with E-state index in [0.29, 0.717) is 24.7 Å². The van der Waals surface area contributed by atoms with Crippen LogP contribution in [0.1, 0.15) is 44.9 Å². The number of aromatic nitrogens is 4. The van der Waals surface area contributed by atoms with E-state index in [1.54, 1.807) is 4.68 Å². The molecule has 1 saturated heterocycles. The zero-order valence-corrected chi connectivity index (χ0v) is 21.5. The number of morpholine rings is 1. The summed E-state index contributed by atoms with van der Waals surface area (Å²) in [7, 11) is 0. The van der Waals surface area contributed by atoms with Crippen molar-refractivity contribution >= 4 is 22.5 Å². The lowest BCUT2D eigenvalue weighted by Gasteiger charge is -2.27. The van der Waals surface area contributed by atoms with E-state index in [1.807, 2.05) is 24.4 Å². The maximum absolute atomic E-state index is 6.43. The number of allylic oxidation sites excluding steroid dienone is 4. The van der Waals surface area contributed by atoms with Gasteiger partial charge in [0, 0.05) is 30.9 Å². The van der Waals surface area contributed by atoms with Crippen molar-refractivity contribution < 1.29 is 9.15 Å². The maximum atomic E-state index is 6.43. The number of hydrogen-bond donors (Lipinski definition) is 0. The van der Waals surface area contributed by atoms with Crippen molar-refractivity contribution in [3.63, 3.8) is 0 Å². The fourth-order valence-corrected chi connectivity index (χ4v) is 4.55. The van der Waals surface area contributed by atoms with Crippen LogP contribution in [0.2, 0.25) is 0 Å². The Labute approximate surface area is 212 Å². The number of hydrogen-bond acceptors (Lipinski definition) is 6. The summed E-state index contributed by atoms with van der Waals surface area (Å²) in [6.45, 7) is 11.3. The Morgan fingerprint density at radius 3 is 2.67 bits per heavy atom. The van der Waals surface area contributed by atoms with Crippen LogP contribution in [0.4, 0.5) is 5.82 Å². The van der Waals surface area contributed by atoms with E-state index in [1.165, 1.54) is 11.1 Å². The lowest BCUT2D eigenvalue weighted by molar-refractivity contribution is 0.122. The lowest BCUT2D eigenvalue weighted by Crippen LogP contribution is -2.37. The van der Waals surface area contributed by atoms with E-state index in [2.05, 4.69) is 62.9 Å². The molecule has 0 saturated carbocycles. The number of furan rings is 1. The molecule has 0 N–H and O–H groups in total. The molecule has 0 unspecified atom stereocenters. The van der Waals surface area contributed by atoms with Gasteiger partial charge in [-0.05, 0) is 44.4 Å². The summed E-state index contributed by atoms with van der Waals surface area (Å²) in [5, 5.41) is 4.80. The molecule has 5 rings (SSSR count). The van der Waals surface area contributed by atoms with E-state index in [0.717, 1.165) is 59.9 Å². The molecule has 1 aromatic carbocycles. The van der Waals surface area contributed by atoms with Crippen LogP contribution >= 0.6 is 0 Å². The standard InChI is InChI=1S/C29H33N5O2/c1-5-8-20(3)17-22(6-2)26-19-25-27(36-26)28(33-13-15-35-16-14-33)31-29(30-25)34-12-11-24(32-34)23-10-7-9-21(4)18-23/h7-12,17-19H,5-6,13-16H2,1-4H3/b20-8+,22-17+. The Morgan fingerprint density at radius 1 is 1.08 bits per heavy atom. The molecular weight excluding hydrogens is 450 g/mol. The van der Waals surface area contributed by atoms with Crippen molar-refractivity contribution in [2.75, 3.05) is 31.2 Å². The highest BCUT2D eigenvalue weighted by Crippen LogP contribution is 2.33. The zero-order valence-electron chi connectivity index (χ0n) is 21.5. The van der Waals surface area contributed by atoms with Gasteiger partial charge in [-0.25, -0.2) is 9.67 Å². The van der Waals surface area contributed by atoms with Crippen LogP contribution in [0.3, 0.4) is 0 Å². The van der Waals surface area contributed by atoms with Gasteiger partial charge in [-0.1, -0.05) is 55.3 Å². The van der Waals surface area contributed by atoms with E-state index in [9.17, 15) is 0 Å². The molecule has 186 valence electrons. The molecule has 1 aliphatic rings. The van der Waals surface area contributed by atoms with Gasteiger partial charge >= 0.3 is 0 Å². The number of fused-ring (bicyclic) bond motifs is 1. The quantitative estimate of drug-likeness (QED) is 0.285. The normalized spacial score (nSPS) is 15.2. The molecule has 0 atom stereocenters. The highest BCUT2D eigenvalue weighted by atomic mass is 16.5. The van der Waals surface area contributed by atoms with Gasteiger partial charge in [-0.15, -0.1) is 0 Å². The van der Waals surface area contributed by atoms with Gasteiger partial charge in [0.15, 0.2) is 11.4 Å². The average molecular weight is 484 g/mol. The van der Waals surface area contributed by atoms with Crippen LogP contribution in [0.15, 0.2) is 64.7 Å². The Bertz CT molecular complexity index is 1420. The molecule has 3 aromatic heterocycles. The third-order valence-electron chi connectivity index (χ3n) is 6.39. The molecule has 7 nitrogen and oxygen atoms in total. The van der Waals surface area contributed by atoms with Crippen LogP contribution in [0.25, 0.3) is 33.9 Å². The van der Waals surface area contributed by atoms with Gasteiger partial charge in [0.05, 0.1) is 18.9 Å². The second kappa shape index (κ2) is 10.5. The third-order valence-corrected chi connectivity index (χ3v) is 6.39. The molecule has 0 aliphatic carbocycles. The summed E-state index contributed by atoms with van der Waals surface area (Å²) in [4.78, 5) is 12.0. The van der Waals surface area contributed by atoms with Crippen LogP contribution in [-0.4, -0.2) is 46.1 Å². The molecule has 7 heteroatoms. The monoisotopic (exact) mass is 483 g/mol. The maximum Gasteiger partial charge on any atom is 0.253 e. The SMILES string of the molecule is CC/C=C(C)/C=C(\CC)c1cc2nc(-n3ccc(-c4cccc(C)c4)n3)nc(N3CCOCC3)c2o1. The summed E-state index contributed by atoms with van der Waals surface area (Å²) < 4.78 is 13.8. The molecule has 4 heterocycles. The van der Waals surface area contributed by atoms with Crippen LogP contribution in [0, 0.1) is 6.92 Å². The largest absolute Gasteiger partial charge is 0.451 e. The first-order valence-corrected chi connectivity index (χ1v) is 12.7. The number of rotatable bonds is 7. The summed E-state index contributed by atoms with van der Waals surface area (Å²) in [6, 6.07) is 12.4. The minimum Gasteiger partial charge on any atom is -0.451 e. The topological polar surface area (TPSA) is 69.2 Å². The summed E-state index contributed by atoms with van der Waals surface area (Å²) >= 11 is 0. The molecule has 4 aromatic rings. The van der Waals surface area contributed by atoms with Crippen LogP contribution < -0.4 is 4.90 Å². The van der Waals surface area contributed by atoms with Gasteiger partial charge in [-0.2, -0.15) is 10.1 Å². The smallest absolute Gasteiger partial charge is 0.253 e. The first-order valence-electron chi connectivity index (χ1n) is 12.7. The molecule has 36 heavy (non-hydrogen) atoms. The number of benzene rings is 1. The van der Waals surface area contributed by atoms with E-state index in [4.69, 9.17) is 24.2 Å². The van der Waals surface area contributed by atoms with E-state index >= 15 is 0 Å². The van der Waals surface area contributed by atoms with Gasteiger partial charge in [0.1, 0.15) is 11.3 Å². The Morgan fingerprint density at radius 2 is 1.92 bits per heavy atom. The zero-order chi connectivity index (χ0) is 25.1. The fraction of sp³-hybridized carbons (Fsp3) is 0.345. The van der Waals surface area contributed by atoms with Crippen molar-refractivity contribution in [3.05, 3.63) is 71.6 Å². The third kappa shape index (κ3) is 4.97. The van der Waals surface area contributed by atoms with Gasteiger partial charge in [-0.3, -0.25) is 0 Å². The lowest BCUT2D eigenvalue weighted by atomic mass is 10.1. The van der Waals surface area contributed by atoms with Crippen molar-refractivity contribution in [3.8, 4) is 17.2 Å². The first-order chi connectivity index (χ1) is 17.6. The van der Waals surface area contributed by atoms with Gasteiger partial charge in [0.2, 0.25) is 0 Å². The van der Waals surface area contributed by atoms with E-state index < -0.39 is 0 Å². The predicted octanol–water partition coefficient (Wildman–Crippen LogP) is 6.37. The molecule has 1 fully saturated rings. The number of anilines is 1. The minimum atomic E-state index is 0.527. The minimum absolute atomic E-state index is 0.527. The van der Waals surface area contributed by atoms with Gasteiger partial charge < -0.3 is 14.1 Å². The second-order valence-corrected chi connectivity index (χ2v) is 9.17. The molecular formula is C29H33N5O2. The first kappa shape index (κ1) is 24.0. The van der Waals surface area contributed by atoms with Gasteiger partial charge in [0.25, 0.3) is 5.95 Å². The summed E-state index contributed by atoms with van der Waals surface area (Å²) in [5.74, 6) is 2.14. The molecule has 0 spiro atoms. The number of aryl methyl sites for hydroxylation is 1. The Kier molecular flexibility index (Phi) is 7.00. The molecule has 0 bridgehead atoms. The fourth-order valence-electron chi connectivity index (χ4n) is 4.55. The van der Waals surface area contributed by atoms with Crippen molar-refractivity contribution in [2.24, 2.45) is 0 Å².